The number of furan rings is 1. The zero-order valence-electron chi connectivity index (χ0n) is 14.0. The first-order chi connectivity index (χ1) is 12.5. The lowest BCUT2D eigenvalue weighted by molar-refractivity contribution is 0.0993. The average Bonchev–Trinajstić information content (AvgIpc) is 3.17. The van der Waals surface area contributed by atoms with Crippen molar-refractivity contribution in [3.05, 3.63) is 83.8 Å². The number of rotatable bonds is 5. The van der Waals surface area contributed by atoms with Gasteiger partial charge in [-0.2, -0.15) is 0 Å². The van der Waals surface area contributed by atoms with Crippen LogP contribution >= 0.6 is 0 Å². The average molecular weight is 348 g/mol. The lowest BCUT2D eigenvalue weighted by atomic mass is 10.1. The molecule has 1 heterocycles. The van der Waals surface area contributed by atoms with Crippen LogP contribution in [0.1, 0.15) is 38.2 Å². The first-order valence-corrected chi connectivity index (χ1v) is 7.90. The van der Waals surface area contributed by atoms with E-state index in [9.17, 15) is 14.4 Å². The van der Waals surface area contributed by atoms with Crippen LogP contribution in [-0.4, -0.2) is 17.6 Å². The predicted molar refractivity (Wildman–Crippen MR) is 97.5 cm³/mol. The molecule has 0 bridgehead atoms. The molecule has 1 aromatic heterocycles. The zero-order valence-corrected chi connectivity index (χ0v) is 14.0. The lowest BCUT2D eigenvalue weighted by Gasteiger charge is -2.08. The number of ketones is 1. The molecule has 0 aliphatic heterocycles. The third-order valence-electron chi connectivity index (χ3n) is 3.68. The maximum Gasteiger partial charge on any atom is 0.291 e. The second-order valence-corrected chi connectivity index (χ2v) is 5.60. The van der Waals surface area contributed by atoms with Crippen molar-refractivity contribution in [1.82, 2.24) is 0 Å². The molecule has 2 aromatic carbocycles. The van der Waals surface area contributed by atoms with Gasteiger partial charge in [-0.15, -0.1) is 0 Å². The molecule has 0 saturated heterocycles. The molecular formula is C20H16N2O4. The van der Waals surface area contributed by atoms with Gasteiger partial charge < -0.3 is 15.1 Å². The molecule has 3 rings (SSSR count). The number of hydrogen-bond acceptors (Lipinski definition) is 4. The molecule has 0 atom stereocenters. The summed E-state index contributed by atoms with van der Waals surface area (Å²) in [6.07, 6.45) is 1.42. The SMILES string of the molecule is CC(=O)c1cccc(NC(=O)c2ccc(NC(=O)c3ccco3)cc2)c1. The summed E-state index contributed by atoms with van der Waals surface area (Å²) in [6.45, 7) is 1.47. The summed E-state index contributed by atoms with van der Waals surface area (Å²) >= 11 is 0. The van der Waals surface area contributed by atoms with Crippen LogP contribution in [-0.2, 0) is 0 Å². The van der Waals surface area contributed by atoms with E-state index in [0.29, 0.717) is 22.5 Å². The minimum atomic E-state index is -0.367. The highest BCUT2D eigenvalue weighted by molar-refractivity contribution is 6.06. The van der Waals surface area contributed by atoms with E-state index < -0.39 is 0 Å². The molecule has 130 valence electrons. The quantitative estimate of drug-likeness (QED) is 0.683. The maximum atomic E-state index is 12.3. The molecule has 3 aromatic rings. The van der Waals surface area contributed by atoms with Gasteiger partial charge in [0, 0.05) is 22.5 Å². The van der Waals surface area contributed by atoms with Gasteiger partial charge in [-0.25, -0.2) is 0 Å². The minimum Gasteiger partial charge on any atom is -0.459 e. The number of carbonyl (C=O) groups excluding carboxylic acids is 3. The Morgan fingerprint density at radius 1 is 0.769 bits per heavy atom. The van der Waals surface area contributed by atoms with E-state index in [0.717, 1.165) is 0 Å². The van der Waals surface area contributed by atoms with Gasteiger partial charge in [0.1, 0.15) is 0 Å². The first-order valence-electron chi connectivity index (χ1n) is 7.90. The Morgan fingerprint density at radius 3 is 2.15 bits per heavy atom. The number of Topliss-reactive ketones (excluding diaryl/α,β-unsaturated/α-hetero) is 1. The van der Waals surface area contributed by atoms with Gasteiger partial charge in [-0.1, -0.05) is 12.1 Å². The van der Waals surface area contributed by atoms with Crippen molar-refractivity contribution in [2.45, 2.75) is 6.92 Å². The van der Waals surface area contributed by atoms with E-state index in [-0.39, 0.29) is 23.4 Å². The standard InChI is InChI=1S/C20H16N2O4/c1-13(23)15-4-2-5-17(12-15)22-19(24)14-7-9-16(10-8-14)21-20(25)18-6-3-11-26-18/h2-12H,1H3,(H,21,25)(H,22,24). The smallest absolute Gasteiger partial charge is 0.291 e. The molecule has 0 saturated carbocycles. The molecule has 0 unspecified atom stereocenters. The number of nitrogens with one attached hydrogen (secondary N) is 2. The normalized spacial score (nSPS) is 10.2. The fraction of sp³-hybridized carbons (Fsp3) is 0.0500. The third-order valence-corrected chi connectivity index (χ3v) is 3.68. The number of benzene rings is 2. The van der Waals surface area contributed by atoms with Crippen LogP contribution in [0.15, 0.2) is 71.3 Å². The number of anilines is 2. The van der Waals surface area contributed by atoms with Crippen molar-refractivity contribution in [2.24, 2.45) is 0 Å². The molecule has 0 fully saturated rings. The third kappa shape index (κ3) is 4.05. The summed E-state index contributed by atoms with van der Waals surface area (Å²) < 4.78 is 5.02. The molecule has 0 aliphatic rings. The summed E-state index contributed by atoms with van der Waals surface area (Å²) in [5.74, 6) is -0.544. The van der Waals surface area contributed by atoms with Gasteiger partial charge in [0.05, 0.1) is 6.26 Å². The van der Waals surface area contributed by atoms with E-state index in [1.807, 2.05) is 0 Å². The number of carbonyl (C=O) groups is 3. The Bertz CT molecular complexity index is 944. The summed E-state index contributed by atoms with van der Waals surface area (Å²) in [4.78, 5) is 35.6. The lowest BCUT2D eigenvalue weighted by Crippen LogP contribution is -2.13. The molecule has 0 spiro atoms. The van der Waals surface area contributed by atoms with Crippen molar-refractivity contribution >= 4 is 29.0 Å². The first kappa shape index (κ1) is 17.2. The van der Waals surface area contributed by atoms with Crippen LogP contribution < -0.4 is 10.6 Å². The summed E-state index contributed by atoms with van der Waals surface area (Å²) in [5.41, 5.74) is 2.03. The van der Waals surface area contributed by atoms with Crippen molar-refractivity contribution < 1.29 is 18.8 Å². The van der Waals surface area contributed by atoms with Gasteiger partial charge in [0.2, 0.25) is 0 Å². The van der Waals surface area contributed by atoms with Crippen LogP contribution in [0.3, 0.4) is 0 Å². The molecule has 26 heavy (non-hydrogen) atoms. The van der Waals surface area contributed by atoms with E-state index in [1.165, 1.54) is 13.2 Å². The van der Waals surface area contributed by atoms with E-state index in [4.69, 9.17) is 4.42 Å². The predicted octanol–water partition coefficient (Wildman–Crippen LogP) is 3.99. The molecule has 2 N–H and O–H groups in total. The second kappa shape index (κ2) is 7.48. The molecule has 6 heteroatoms. The van der Waals surface area contributed by atoms with Crippen LogP contribution in [0, 0.1) is 0 Å². The number of amides is 2. The molecule has 6 nitrogen and oxygen atoms in total. The highest BCUT2D eigenvalue weighted by atomic mass is 16.3. The topological polar surface area (TPSA) is 88.4 Å². The van der Waals surface area contributed by atoms with E-state index in [1.54, 1.807) is 60.7 Å². The van der Waals surface area contributed by atoms with Crippen LogP contribution in [0.2, 0.25) is 0 Å². The monoisotopic (exact) mass is 348 g/mol. The summed E-state index contributed by atoms with van der Waals surface area (Å²) in [6, 6.07) is 16.4. The fourth-order valence-corrected chi connectivity index (χ4v) is 2.32. The van der Waals surface area contributed by atoms with Gasteiger partial charge >= 0.3 is 0 Å². The van der Waals surface area contributed by atoms with Gasteiger partial charge in [-0.3, -0.25) is 14.4 Å². The van der Waals surface area contributed by atoms with Crippen molar-refractivity contribution in [1.29, 1.82) is 0 Å². The Kier molecular flexibility index (Phi) is 4.94. The molecule has 2 amide bonds. The zero-order chi connectivity index (χ0) is 18.5. The maximum absolute atomic E-state index is 12.3. The number of hydrogen-bond donors (Lipinski definition) is 2. The second-order valence-electron chi connectivity index (χ2n) is 5.60. The minimum absolute atomic E-state index is 0.0715. The van der Waals surface area contributed by atoms with E-state index >= 15 is 0 Å². The molecular weight excluding hydrogens is 332 g/mol. The highest BCUT2D eigenvalue weighted by Crippen LogP contribution is 2.15. The van der Waals surface area contributed by atoms with Crippen molar-refractivity contribution in [3.8, 4) is 0 Å². The van der Waals surface area contributed by atoms with E-state index in [2.05, 4.69) is 10.6 Å². The Labute approximate surface area is 149 Å². The van der Waals surface area contributed by atoms with Crippen molar-refractivity contribution in [3.63, 3.8) is 0 Å². The molecule has 0 aliphatic carbocycles. The Hall–Kier alpha value is -3.67. The summed E-state index contributed by atoms with van der Waals surface area (Å²) in [5, 5.41) is 5.42. The van der Waals surface area contributed by atoms with Crippen LogP contribution in [0.5, 0.6) is 0 Å². The van der Waals surface area contributed by atoms with Gasteiger partial charge in [-0.05, 0) is 55.5 Å². The fourth-order valence-electron chi connectivity index (χ4n) is 2.32. The Balaban J connectivity index is 1.66. The summed E-state index contributed by atoms with van der Waals surface area (Å²) in [7, 11) is 0. The molecule has 0 radical (unpaired) electrons. The highest BCUT2D eigenvalue weighted by Gasteiger charge is 2.10. The van der Waals surface area contributed by atoms with Crippen LogP contribution in [0.4, 0.5) is 11.4 Å². The Morgan fingerprint density at radius 2 is 1.50 bits per heavy atom. The van der Waals surface area contributed by atoms with Gasteiger partial charge in [0.15, 0.2) is 11.5 Å². The van der Waals surface area contributed by atoms with Gasteiger partial charge in [0.25, 0.3) is 11.8 Å². The largest absolute Gasteiger partial charge is 0.459 e. The van der Waals surface area contributed by atoms with Crippen molar-refractivity contribution in [2.75, 3.05) is 10.6 Å². The van der Waals surface area contributed by atoms with Crippen LogP contribution in [0.25, 0.3) is 0 Å².